The molecule has 0 aromatic carbocycles. The number of carbonyl (C=O) groups is 2. The number of hydrogen-bond acceptors (Lipinski definition) is 3. The normalized spacial score (nSPS) is 11.1. The molecule has 17 heavy (non-hydrogen) atoms. The molecule has 2 amide bonds. The second-order valence-corrected chi connectivity index (χ2v) is 4.98. The van der Waals surface area contributed by atoms with Crippen LogP contribution in [0.25, 0.3) is 0 Å². The minimum Gasteiger partial charge on any atom is -0.358 e. The Morgan fingerprint density at radius 3 is 2.35 bits per heavy atom. The van der Waals surface area contributed by atoms with Crippen molar-refractivity contribution >= 4 is 11.8 Å². The summed E-state index contributed by atoms with van der Waals surface area (Å²) >= 11 is 0. The third kappa shape index (κ3) is 7.74. The Hall–Kier alpha value is -1.10. The molecule has 0 bridgehead atoms. The Balaban J connectivity index is 4.29. The number of nitrogens with one attached hydrogen (secondary N) is 1. The summed E-state index contributed by atoms with van der Waals surface area (Å²) in [7, 11) is 1.57. The molecule has 0 spiro atoms. The van der Waals surface area contributed by atoms with Crippen molar-refractivity contribution in [2.45, 2.75) is 45.6 Å². The van der Waals surface area contributed by atoms with Gasteiger partial charge in [0, 0.05) is 25.6 Å². The maximum absolute atomic E-state index is 11.9. The first-order valence-electron chi connectivity index (χ1n) is 6.07. The van der Waals surface area contributed by atoms with Gasteiger partial charge in [-0.05, 0) is 26.7 Å². The van der Waals surface area contributed by atoms with Gasteiger partial charge in [-0.3, -0.25) is 9.59 Å². The smallest absolute Gasteiger partial charge is 0.239 e. The van der Waals surface area contributed by atoms with E-state index in [0.29, 0.717) is 19.4 Å². The summed E-state index contributed by atoms with van der Waals surface area (Å²) in [5.74, 6) is -0.146. The van der Waals surface area contributed by atoms with Crippen LogP contribution in [0.2, 0.25) is 0 Å². The molecule has 0 saturated heterocycles. The Morgan fingerprint density at radius 1 is 1.35 bits per heavy atom. The van der Waals surface area contributed by atoms with Crippen LogP contribution in [0.15, 0.2) is 0 Å². The number of nitrogens with zero attached hydrogens (tertiary/aromatic N) is 1. The molecule has 0 fully saturated rings. The highest BCUT2D eigenvalue weighted by molar-refractivity contribution is 5.84. The lowest BCUT2D eigenvalue weighted by Gasteiger charge is -2.24. The van der Waals surface area contributed by atoms with E-state index in [1.807, 2.05) is 20.8 Å². The third-order valence-corrected chi connectivity index (χ3v) is 2.44. The molecule has 5 heteroatoms. The monoisotopic (exact) mass is 243 g/mol. The maximum atomic E-state index is 11.9. The molecule has 0 aliphatic rings. The van der Waals surface area contributed by atoms with Gasteiger partial charge < -0.3 is 16.0 Å². The number of carbonyl (C=O) groups excluding carboxylic acids is 2. The predicted molar refractivity (Wildman–Crippen MR) is 68.4 cm³/mol. The first-order valence-corrected chi connectivity index (χ1v) is 6.07. The van der Waals surface area contributed by atoms with Crippen LogP contribution < -0.4 is 11.1 Å². The van der Waals surface area contributed by atoms with E-state index in [1.165, 1.54) is 0 Å². The zero-order chi connectivity index (χ0) is 13.5. The molecule has 0 aliphatic carbocycles. The van der Waals surface area contributed by atoms with Gasteiger partial charge in [0.25, 0.3) is 0 Å². The molecule has 0 aliphatic heterocycles. The van der Waals surface area contributed by atoms with E-state index in [2.05, 4.69) is 5.32 Å². The van der Waals surface area contributed by atoms with Crippen molar-refractivity contribution in [3.63, 3.8) is 0 Å². The number of likely N-dealkylation sites (N-methyl/N-ethyl adjacent to an activating group) is 1. The number of rotatable bonds is 7. The minimum atomic E-state index is -0.347. The van der Waals surface area contributed by atoms with Crippen LogP contribution in [0.5, 0.6) is 0 Å². The Kier molecular flexibility index (Phi) is 6.80. The molecular formula is C12H25N3O2. The molecule has 100 valence electrons. The molecule has 0 heterocycles. The van der Waals surface area contributed by atoms with Gasteiger partial charge in [-0.15, -0.1) is 0 Å². The second-order valence-electron chi connectivity index (χ2n) is 4.98. The molecule has 0 rings (SSSR count). The van der Waals surface area contributed by atoms with Gasteiger partial charge in [0.05, 0.1) is 6.54 Å². The van der Waals surface area contributed by atoms with E-state index in [1.54, 1.807) is 11.9 Å². The molecule has 0 aromatic rings. The number of amides is 2. The lowest BCUT2D eigenvalue weighted by molar-refractivity contribution is -0.136. The van der Waals surface area contributed by atoms with Crippen LogP contribution in [0.3, 0.4) is 0 Å². The first-order chi connectivity index (χ1) is 7.80. The van der Waals surface area contributed by atoms with Crippen molar-refractivity contribution in [1.29, 1.82) is 0 Å². The molecule has 0 aromatic heterocycles. The molecule has 5 nitrogen and oxygen atoms in total. The van der Waals surface area contributed by atoms with Crippen molar-refractivity contribution in [2.24, 2.45) is 5.73 Å². The third-order valence-electron chi connectivity index (χ3n) is 2.44. The van der Waals surface area contributed by atoms with Gasteiger partial charge in [0.1, 0.15) is 0 Å². The standard InChI is InChI=1S/C12H25N3O2/c1-5-8-15(9-10(16)14-4)11(17)6-7-12(2,3)13/h5-9,13H2,1-4H3,(H,14,16). The Labute approximate surface area is 104 Å². The SMILES string of the molecule is CCCN(CC(=O)NC)C(=O)CCC(C)(C)N. The predicted octanol–water partition coefficient (Wildman–Crippen LogP) is 0.489. The molecular weight excluding hydrogens is 218 g/mol. The van der Waals surface area contributed by atoms with Gasteiger partial charge >= 0.3 is 0 Å². The topological polar surface area (TPSA) is 75.4 Å². The van der Waals surface area contributed by atoms with Crippen molar-refractivity contribution in [2.75, 3.05) is 20.1 Å². The summed E-state index contributed by atoms with van der Waals surface area (Å²) in [5, 5.41) is 2.52. The highest BCUT2D eigenvalue weighted by atomic mass is 16.2. The van der Waals surface area contributed by atoms with Crippen molar-refractivity contribution in [1.82, 2.24) is 10.2 Å². The molecule has 0 atom stereocenters. The second kappa shape index (κ2) is 7.27. The highest BCUT2D eigenvalue weighted by Crippen LogP contribution is 2.09. The van der Waals surface area contributed by atoms with Crippen LogP contribution in [-0.2, 0) is 9.59 Å². The zero-order valence-corrected chi connectivity index (χ0v) is 11.4. The number of nitrogens with two attached hydrogens (primary N) is 1. The summed E-state index contributed by atoms with van der Waals surface area (Å²) < 4.78 is 0. The van der Waals surface area contributed by atoms with E-state index in [0.717, 1.165) is 6.42 Å². The van der Waals surface area contributed by atoms with E-state index in [9.17, 15) is 9.59 Å². The quantitative estimate of drug-likeness (QED) is 0.683. The Morgan fingerprint density at radius 2 is 1.94 bits per heavy atom. The van der Waals surface area contributed by atoms with Crippen LogP contribution in [0.4, 0.5) is 0 Å². The average molecular weight is 243 g/mol. The van der Waals surface area contributed by atoms with E-state index >= 15 is 0 Å². The molecule has 0 saturated carbocycles. The Bertz CT molecular complexity index is 259. The lowest BCUT2D eigenvalue weighted by atomic mass is 9.99. The summed E-state index contributed by atoms with van der Waals surface area (Å²) in [6.07, 6.45) is 1.86. The van der Waals surface area contributed by atoms with Gasteiger partial charge in [0.2, 0.25) is 11.8 Å². The van der Waals surface area contributed by atoms with Crippen LogP contribution >= 0.6 is 0 Å². The van der Waals surface area contributed by atoms with Crippen molar-refractivity contribution in [3.8, 4) is 0 Å². The molecule has 3 N–H and O–H groups in total. The van der Waals surface area contributed by atoms with Crippen LogP contribution in [0, 0.1) is 0 Å². The van der Waals surface area contributed by atoms with E-state index in [4.69, 9.17) is 5.73 Å². The van der Waals surface area contributed by atoms with Crippen molar-refractivity contribution in [3.05, 3.63) is 0 Å². The maximum Gasteiger partial charge on any atom is 0.239 e. The highest BCUT2D eigenvalue weighted by Gasteiger charge is 2.19. The van der Waals surface area contributed by atoms with E-state index < -0.39 is 0 Å². The lowest BCUT2D eigenvalue weighted by Crippen LogP contribution is -2.41. The molecule has 0 unspecified atom stereocenters. The molecule has 0 radical (unpaired) electrons. The largest absolute Gasteiger partial charge is 0.358 e. The number of hydrogen-bond donors (Lipinski definition) is 2. The van der Waals surface area contributed by atoms with Crippen molar-refractivity contribution < 1.29 is 9.59 Å². The minimum absolute atomic E-state index is 0.00558. The fourth-order valence-electron chi connectivity index (χ4n) is 1.40. The van der Waals surface area contributed by atoms with Gasteiger partial charge in [-0.1, -0.05) is 6.92 Å². The summed E-state index contributed by atoms with van der Waals surface area (Å²) in [4.78, 5) is 24.8. The van der Waals surface area contributed by atoms with Gasteiger partial charge in [-0.2, -0.15) is 0 Å². The van der Waals surface area contributed by atoms with Gasteiger partial charge in [-0.25, -0.2) is 0 Å². The van der Waals surface area contributed by atoms with Crippen LogP contribution in [-0.4, -0.2) is 42.4 Å². The van der Waals surface area contributed by atoms with E-state index in [-0.39, 0.29) is 23.9 Å². The first kappa shape index (κ1) is 15.9. The summed E-state index contributed by atoms with van der Waals surface area (Å²) in [6.45, 7) is 6.51. The summed E-state index contributed by atoms with van der Waals surface area (Å²) in [5.41, 5.74) is 5.49. The van der Waals surface area contributed by atoms with Crippen LogP contribution in [0.1, 0.15) is 40.0 Å². The fourth-order valence-corrected chi connectivity index (χ4v) is 1.40. The fraction of sp³-hybridized carbons (Fsp3) is 0.833. The average Bonchev–Trinajstić information content (AvgIpc) is 2.24. The van der Waals surface area contributed by atoms with Gasteiger partial charge in [0.15, 0.2) is 0 Å². The zero-order valence-electron chi connectivity index (χ0n) is 11.4. The summed E-state index contributed by atoms with van der Waals surface area (Å²) in [6, 6.07) is 0.